The smallest absolute Gasteiger partial charge is 0.317 e. The Bertz CT molecular complexity index is 1060. The molecule has 0 amide bonds. The maximum absolute atomic E-state index is 13.5. The number of hydrogen-bond donors (Lipinski definition) is 0. The lowest BCUT2D eigenvalue weighted by Crippen LogP contribution is -2.30. The van der Waals surface area contributed by atoms with Crippen LogP contribution >= 0.6 is 0 Å². The Labute approximate surface area is 194 Å². The molecule has 0 N–H and O–H groups in total. The number of ketones is 1. The van der Waals surface area contributed by atoms with Crippen LogP contribution in [0.3, 0.4) is 0 Å². The molecule has 1 aliphatic heterocycles. The highest BCUT2D eigenvalue weighted by molar-refractivity contribution is 6.06. The lowest BCUT2D eigenvalue weighted by molar-refractivity contribution is -0.146. The topological polar surface area (TPSA) is 72.6 Å². The van der Waals surface area contributed by atoms with E-state index in [1.165, 1.54) is 6.42 Å². The van der Waals surface area contributed by atoms with Gasteiger partial charge in [0.2, 0.25) is 11.7 Å². The van der Waals surface area contributed by atoms with E-state index in [0.29, 0.717) is 12.3 Å². The quantitative estimate of drug-likeness (QED) is 0.266. The van der Waals surface area contributed by atoms with Gasteiger partial charge in [-0.1, -0.05) is 60.7 Å². The van der Waals surface area contributed by atoms with Crippen LogP contribution in [0.15, 0.2) is 65.1 Å². The summed E-state index contributed by atoms with van der Waals surface area (Å²) in [7, 11) is 0. The predicted molar refractivity (Wildman–Crippen MR) is 126 cm³/mol. The number of esters is 1. The lowest BCUT2D eigenvalue weighted by atomic mass is 9.95. The van der Waals surface area contributed by atoms with Gasteiger partial charge in [0.1, 0.15) is 11.6 Å². The molecule has 1 fully saturated rings. The first-order chi connectivity index (χ1) is 16.2. The van der Waals surface area contributed by atoms with Crippen molar-refractivity contribution in [2.45, 2.75) is 39.0 Å². The first kappa shape index (κ1) is 22.8. The summed E-state index contributed by atoms with van der Waals surface area (Å²) < 4.78 is 11.3. The molecule has 1 atom stereocenters. The van der Waals surface area contributed by atoms with Crippen molar-refractivity contribution in [1.82, 2.24) is 4.98 Å². The van der Waals surface area contributed by atoms with Crippen molar-refractivity contribution >= 4 is 17.6 Å². The fraction of sp³-hybridized carbons (Fsp3) is 0.370. The summed E-state index contributed by atoms with van der Waals surface area (Å²) >= 11 is 0. The van der Waals surface area contributed by atoms with Crippen molar-refractivity contribution in [3.8, 4) is 0 Å². The number of hydrogen-bond acceptors (Lipinski definition) is 6. The summed E-state index contributed by atoms with van der Waals surface area (Å²) in [5, 5.41) is 0. The van der Waals surface area contributed by atoms with E-state index in [4.69, 9.17) is 9.15 Å². The van der Waals surface area contributed by atoms with Crippen molar-refractivity contribution < 1.29 is 18.7 Å². The van der Waals surface area contributed by atoms with E-state index in [2.05, 4.69) is 9.88 Å². The van der Waals surface area contributed by atoms with Crippen molar-refractivity contribution in [1.29, 1.82) is 0 Å². The molecule has 0 spiro atoms. The summed E-state index contributed by atoms with van der Waals surface area (Å²) in [6.07, 6.45) is 4.15. The minimum Gasteiger partial charge on any atom is -0.465 e. The molecule has 1 saturated heterocycles. The Balaban J connectivity index is 1.65. The van der Waals surface area contributed by atoms with Gasteiger partial charge in [0.15, 0.2) is 0 Å². The average molecular weight is 447 g/mol. The second-order valence-electron chi connectivity index (χ2n) is 8.34. The van der Waals surface area contributed by atoms with Crippen LogP contribution in [0.1, 0.15) is 53.7 Å². The molecular formula is C27H30N2O4. The number of ether oxygens (including phenoxy) is 1. The number of rotatable bonds is 9. The zero-order chi connectivity index (χ0) is 23.0. The molecule has 1 aliphatic rings. The van der Waals surface area contributed by atoms with Crippen LogP contribution in [0.25, 0.3) is 0 Å². The van der Waals surface area contributed by atoms with Gasteiger partial charge in [-0.25, -0.2) is 4.98 Å². The summed E-state index contributed by atoms with van der Waals surface area (Å²) in [4.78, 5) is 33.0. The zero-order valence-electron chi connectivity index (χ0n) is 19.0. The van der Waals surface area contributed by atoms with Crippen molar-refractivity contribution in [3.05, 3.63) is 83.4 Å². The fourth-order valence-corrected chi connectivity index (χ4v) is 4.22. The van der Waals surface area contributed by atoms with E-state index in [1.807, 2.05) is 60.7 Å². The van der Waals surface area contributed by atoms with E-state index in [1.54, 1.807) is 6.92 Å². The molecule has 33 heavy (non-hydrogen) atoms. The highest BCUT2D eigenvalue weighted by Crippen LogP contribution is 2.29. The van der Waals surface area contributed by atoms with Crippen LogP contribution < -0.4 is 4.90 Å². The Morgan fingerprint density at radius 2 is 1.61 bits per heavy atom. The van der Waals surface area contributed by atoms with E-state index in [0.717, 1.165) is 42.8 Å². The van der Waals surface area contributed by atoms with Crippen molar-refractivity contribution in [2.24, 2.45) is 5.92 Å². The summed E-state index contributed by atoms with van der Waals surface area (Å²) in [6, 6.07) is 19.5. The lowest BCUT2D eigenvalue weighted by Gasteiger charge is -2.26. The average Bonchev–Trinajstić information content (AvgIpc) is 3.28. The molecule has 1 aromatic heterocycles. The molecule has 0 saturated carbocycles. The van der Waals surface area contributed by atoms with Gasteiger partial charge in [-0.3, -0.25) is 9.59 Å². The number of anilines is 1. The second-order valence-corrected chi connectivity index (χ2v) is 8.34. The standard InChI is InChI=1S/C27H30N2O4/c1-2-32-27(31)22(18-20-12-6-3-7-13-20)24(30)25-28-23(19-21-14-8-4-9-15-21)26(33-25)29-16-10-5-11-17-29/h3-4,6-9,12-15,22H,2,5,10-11,16-19H2,1H3. The fourth-order valence-electron chi connectivity index (χ4n) is 4.22. The molecular weight excluding hydrogens is 416 g/mol. The maximum Gasteiger partial charge on any atom is 0.317 e. The normalized spacial score (nSPS) is 14.6. The molecule has 0 radical (unpaired) electrons. The molecule has 172 valence electrons. The molecule has 1 unspecified atom stereocenters. The highest BCUT2D eigenvalue weighted by Gasteiger charge is 2.34. The van der Waals surface area contributed by atoms with Crippen molar-refractivity contribution in [3.63, 3.8) is 0 Å². The van der Waals surface area contributed by atoms with E-state index >= 15 is 0 Å². The molecule has 0 bridgehead atoms. The highest BCUT2D eigenvalue weighted by atomic mass is 16.5. The molecule has 6 heteroatoms. The molecule has 0 aliphatic carbocycles. The van der Waals surface area contributed by atoms with Gasteiger partial charge < -0.3 is 14.1 Å². The number of benzene rings is 2. The predicted octanol–water partition coefficient (Wildman–Crippen LogP) is 4.86. The van der Waals surface area contributed by atoms with Crippen LogP contribution in [0.2, 0.25) is 0 Å². The maximum atomic E-state index is 13.5. The molecule has 2 heterocycles. The number of carbonyl (C=O) groups is 2. The Morgan fingerprint density at radius 1 is 0.970 bits per heavy atom. The number of nitrogens with zero attached hydrogens (tertiary/aromatic N) is 2. The van der Waals surface area contributed by atoms with Crippen LogP contribution in [0.5, 0.6) is 0 Å². The van der Waals surface area contributed by atoms with Crippen LogP contribution in [-0.2, 0) is 22.4 Å². The van der Waals surface area contributed by atoms with Gasteiger partial charge in [-0.2, -0.15) is 0 Å². The number of carbonyl (C=O) groups excluding carboxylic acids is 2. The Kier molecular flexibility index (Phi) is 7.55. The van der Waals surface area contributed by atoms with Crippen molar-refractivity contribution in [2.75, 3.05) is 24.6 Å². The summed E-state index contributed by atoms with van der Waals surface area (Å²) in [5.41, 5.74) is 2.71. The second kappa shape index (κ2) is 10.9. The third-order valence-corrected chi connectivity index (χ3v) is 5.92. The van der Waals surface area contributed by atoms with Gasteiger partial charge in [0.05, 0.1) is 6.61 Å². The Hall–Kier alpha value is -3.41. The van der Waals surface area contributed by atoms with Crippen LogP contribution in [-0.4, -0.2) is 36.4 Å². The molecule has 4 rings (SSSR count). The first-order valence-electron chi connectivity index (χ1n) is 11.7. The third kappa shape index (κ3) is 5.69. The first-order valence-corrected chi connectivity index (χ1v) is 11.7. The van der Waals surface area contributed by atoms with E-state index in [-0.39, 0.29) is 18.9 Å². The number of piperidine rings is 1. The largest absolute Gasteiger partial charge is 0.465 e. The minimum atomic E-state index is -0.996. The third-order valence-electron chi connectivity index (χ3n) is 5.92. The van der Waals surface area contributed by atoms with Gasteiger partial charge in [-0.05, 0) is 43.7 Å². The minimum absolute atomic E-state index is 0.0181. The van der Waals surface area contributed by atoms with Gasteiger partial charge in [0.25, 0.3) is 5.89 Å². The van der Waals surface area contributed by atoms with Gasteiger partial charge in [0, 0.05) is 19.5 Å². The zero-order valence-corrected chi connectivity index (χ0v) is 19.0. The van der Waals surface area contributed by atoms with Gasteiger partial charge in [-0.15, -0.1) is 0 Å². The number of aromatic nitrogens is 1. The Morgan fingerprint density at radius 3 is 2.24 bits per heavy atom. The van der Waals surface area contributed by atoms with Gasteiger partial charge >= 0.3 is 5.97 Å². The van der Waals surface area contributed by atoms with E-state index in [9.17, 15) is 9.59 Å². The SMILES string of the molecule is CCOC(=O)C(Cc1ccccc1)C(=O)c1nc(Cc2ccccc2)c(N2CCCCC2)o1. The van der Waals surface area contributed by atoms with Crippen LogP contribution in [0, 0.1) is 5.92 Å². The van der Waals surface area contributed by atoms with E-state index < -0.39 is 17.7 Å². The van der Waals surface area contributed by atoms with Crippen LogP contribution in [0.4, 0.5) is 5.88 Å². The summed E-state index contributed by atoms with van der Waals surface area (Å²) in [5.74, 6) is -1.35. The number of Topliss-reactive ketones (excluding diaryl/α,β-unsaturated/α-hetero) is 1. The molecule has 3 aromatic rings. The molecule has 2 aromatic carbocycles. The summed E-state index contributed by atoms with van der Waals surface area (Å²) in [6.45, 7) is 3.69. The molecule has 6 nitrogen and oxygen atoms in total. The number of oxazole rings is 1. The monoisotopic (exact) mass is 446 g/mol.